The van der Waals surface area contributed by atoms with Gasteiger partial charge in [0.1, 0.15) is 5.69 Å². The first-order chi connectivity index (χ1) is 24.3. The molecule has 0 bridgehead atoms. The minimum atomic E-state index is 0.846. The van der Waals surface area contributed by atoms with Crippen molar-refractivity contribution in [1.29, 1.82) is 0 Å². The van der Waals surface area contributed by atoms with E-state index in [1.54, 1.807) is 0 Å². The Morgan fingerprint density at radius 2 is 0.776 bits per heavy atom. The van der Waals surface area contributed by atoms with Gasteiger partial charge in [-0.1, -0.05) is 140 Å². The van der Waals surface area contributed by atoms with Crippen LogP contribution in [0.1, 0.15) is 0 Å². The van der Waals surface area contributed by atoms with Crippen molar-refractivity contribution in [3.8, 4) is 17.1 Å². The van der Waals surface area contributed by atoms with Crippen molar-refractivity contribution in [1.82, 2.24) is 14.5 Å². The lowest BCUT2D eigenvalue weighted by Crippen LogP contribution is -2.04. The van der Waals surface area contributed by atoms with Gasteiger partial charge in [0.25, 0.3) is 0 Å². The predicted molar refractivity (Wildman–Crippen MR) is 207 cm³/mol. The molecule has 0 aliphatic heterocycles. The van der Waals surface area contributed by atoms with Crippen LogP contribution in [0.3, 0.4) is 0 Å². The second-order valence-electron chi connectivity index (χ2n) is 13.2. The van der Waals surface area contributed by atoms with Crippen LogP contribution < -0.4 is 0 Å². The average Bonchev–Trinajstić information content (AvgIpc) is 3.52. The summed E-state index contributed by atoms with van der Waals surface area (Å²) in [7, 11) is 0. The highest BCUT2D eigenvalue weighted by atomic mass is 15.1. The van der Waals surface area contributed by atoms with Crippen LogP contribution in [-0.4, -0.2) is 14.5 Å². The quantitative estimate of drug-likeness (QED) is 0.142. The normalized spacial score (nSPS) is 12.5. The van der Waals surface area contributed by atoms with E-state index in [0.717, 1.165) is 49.9 Å². The van der Waals surface area contributed by atoms with Crippen LogP contribution in [0.25, 0.3) is 115 Å². The van der Waals surface area contributed by atoms with E-state index < -0.39 is 0 Å². The van der Waals surface area contributed by atoms with E-state index in [1.807, 2.05) is 0 Å². The lowest BCUT2D eigenvalue weighted by molar-refractivity contribution is 1.08. The van der Waals surface area contributed by atoms with Crippen LogP contribution in [0.5, 0.6) is 0 Å². The molecule has 12 rings (SSSR count). The van der Waals surface area contributed by atoms with E-state index in [0.29, 0.717) is 0 Å². The molecule has 0 spiro atoms. The Hall–Kier alpha value is -6.58. The molecular weight excluding hydrogens is 595 g/mol. The lowest BCUT2D eigenvalue weighted by Gasteiger charge is -2.17. The van der Waals surface area contributed by atoms with Crippen molar-refractivity contribution in [2.75, 3.05) is 0 Å². The van der Waals surface area contributed by atoms with Gasteiger partial charge in [0.15, 0.2) is 5.82 Å². The van der Waals surface area contributed by atoms with E-state index in [-0.39, 0.29) is 0 Å². The molecular formula is C46H25N3. The Labute approximate surface area is 279 Å². The van der Waals surface area contributed by atoms with Crippen LogP contribution >= 0.6 is 0 Å². The number of nitrogens with zero attached hydrogens (tertiary/aromatic N) is 3. The van der Waals surface area contributed by atoms with Gasteiger partial charge >= 0.3 is 0 Å². The van der Waals surface area contributed by atoms with Gasteiger partial charge < -0.3 is 0 Å². The van der Waals surface area contributed by atoms with E-state index >= 15 is 0 Å². The first-order valence-electron chi connectivity index (χ1n) is 16.9. The summed E-state index contributed by atoms with van der Waals surface area (Å²) < 4.78 is 2.39. The maximum atomic E-state index is 5.69. The number of benzene rings is 10. The van der Waals surface area contributed by atoms with Crippen molar-refractivity contribution in [3.05, 3.63) is 152 Å². The summed E-state index contributed by atoms with van der Waals surface area (Å²) in [5.41, 5.74) is 6.06. The standard InChI is InChI=1S/C46H25N3/c1-2-12-26(13-3-1)43-46(48-45-36-19-9-7-17-30(36)29-16-6-8-18-35(29)44(45)47-43)49-37-23-11-22-33-32-21-10-20-31-27-14-4-5-15-28(27)34-24-25-38(49)42(40(33)37)41(34)39(31)32/h1-25H. The van der Waals surface area contributed by atoms with Gasteiger partial charge in [-0.05, 0) is 60.6 Å². The summed E-state index contributed by atoms with van der Waals surface area (Å²) in [5, 5.41) is 17.6. The molecule has 49 heavy (non-hydrogen) atoms. The molecule has 0 radical (unpaired) electrons. The molecule has 0 atom stereocenters. The molecule has 0 N–H and O–H groups in total. The molecule has 224 valence electrons. The number of rotatable bonds is 2. The third-order valence-corrected chi connectivity index (χ3v) is 10.9. The van der Waals surface area contributed by atoms with Gasteiger partial charge in [-0.2, -0.15) is 0 Å². The molecule has 0 fully saturated rings. The highest BCUT2D eigenvalue weighted by Crippen LogP contribution is 2.50. The largest absolute Gasteiger partial charge is 0.292 e. The smallest absolute Gasteiger partial charge is 0.165 e. The van der Waals surface area contributed by atoms with Gasteiger partial charge in [-0.25, -0.2) is 9.97 Å². The van der Waals surface area contributed by atoms with Gasteiger partial charge in [0, 0.05) is 32.5 Å². The third kappa shape index (κ3) is 3.13. The SMILES string of the molecule is c1ccc(-c2nc3c4ccccc4c4ccccc4c3nc2-n2c3cccc4c5cccc6c7ccccc7c7ccc2c(c7c65)c43)cc1. The summed E-state index contributed by atoms with van der Waals surface area (Å²) in [6, 6.07) is 54.8. The Balaban J connectivity index is 1.34. The van der Waals surface area contributed by atoms with Crippen LogP contribution in [0.15, 0.2) is 152 Å². The highest BCUT2D eigenvalue weighted by molar-refractivity contribution is 6.44. The molecule has 3 heteroatoms. The van der Waals surface area contributed by atoms with Crippen LogP contribution in [0, 0.1) is 0 Å². The molecule has 0 saturated heterocycles. The van der Waals surface area contributed by atoms with Gasteiger partial charge in [-0.15, -0.1) is 0 Å². The molecule has 2 aromatic heterocycles. The fraction of sp³-hybridized carbons (Fsp3) is 0. The molecule has 0 aliphatic rings. The number of fused-ring (bicyclic) bond motifs is 10. The van der Waals surface area contributed by atoms with Gasteiger partial charge in [0.05, 0.1) is 22.1 Å². The second-order valence-corrected chi connectivity index (χ2v) is 13.2. The maximum absolute atomic E-state index is 5.69. The Morgan fingerprint density at radius 1 is 0.306 bits per heavy atom. The van der Waals surface area contributed by atoms with Crippen molar-refractivity contribution >= 4 is 97.5 Å². The molecule has 3 nitrogen and oxygen atoms in total. The van der Waals surface area contributed by atoms with Crippen molar-refractivity contribution < 1.29 is 0 Å². The predicted octanol–water partition coefficient (Wildman–Crippen LogP) is 12.2. The van der Waals surface area contributed by atoms with E-state index in [2.05, 4.69) is 156 Å². The molecule has 0 unspecified atom stereocenters. The van der Waals surface area contributed by atoms with Crippen molar-refractivity contribution in [2.45, 2.75) is 0 Å². The summed E-state index contributed by atoms with van der Waals surface area (Å²) >= 11 is 0. The summed E-state index contributed by atoms with van der Waals surface area (Å²) in [5.74, 6) is 0.846. The second kappa shape index (κ2) is 9.06. The number of aromatic nitrogens is 3. The van der Waals surface area contributed by atoms with Crippen molar-refractivity contribution in [2.24, 2.45) is 0 Å². The van der Waals surface area contributed by atoms with E-state index in [4.69, 9.17) is 9.97 Å². The highest BCUT2D eigenvalue weighted by Gasteiger charge is 2.26. The van der Waals surface area contributed by atoms with Crippen LogP contribution in [0.2, 0.25) is 0 Å². The molecule has 0 aliphatic carbocycles. The topological polar surface area (TPSA) is 30.7 Å². The summed E-state index contributed by atoms with van der Waals surface area (Å²) in [6.45, 7) is 0. The molecule has 2 heterocycles. The first kappa shape index (κ1) is 25.5. The fourth-order valence-corrected chi connectivity index (χ4v) is 8.91. The van der Waals surface area contributed by atoms with Crippen molar-refractivity contribution in [3.63, 3.8) is 0 Å². The van der Waals surface area contributed by atoms with Crippen LogP contribution in [0.4, 0.5) is 0 Å². The molecule has 0 saturated carbocycles. The Bertz CT molecular complexity index is 3320. The van der Waals surface area contributed by atoms with Crippen LogP contribution in [-0.2, 0) is 0 Å². The Morgan fingerprint density at radius 3 is 1.45 bits per heavy atom. The monoisotopic (exact) mass is 619 g/mol. The summed E-state index contributed by atoms with van der Waals surface area (Å²) in [6.07, 6.45) is 0. The third-order valence-electron chi connectivity index (χ3n) is 10.9. The minimum Gasteiger partial charge on any atom is -0.292 e. The Kier molecular flexibility index (Phi) is 4.72. The average molecular weight is 620 g/mol. The zero-order valence-electron chi connectivity index (χ0n) is 26.3. The maximum Gasteiger partial charge on any atom is 0.165 e. The molecule has 12 aromatic rings. The lowest BCUT2D eigenvalue weighted by atomic mass is 9.86. The van der Waals surface area contributed by atoms with Gasteiger partial charge in [-0.3, -0.25) is 4.57 Å². The number of hydrogen-bond acceptors (Lipinski definition) is 2. The fourth-order valence-electron chi connectivity index (χ4n) is 8.91. The zero-order chi connectivity index (χ0) is 31.8. The summed E-state index contributed by atoms with van der Waals surface area (Å²) in [4.78, 5) is 11.3. The van der Waals surface area contributed by atoms with E-state index in [1.165, 1.54) is 64.6 Å². The first-order valence-corrected chi connectivity index (χ1v) is 16.9. The molecule has 10 aromatic carbocycles. The van der Waals surface area contributed by atoms with Gasteiger partial charge in [0.2, 0.25) is 0 Å². The minimum absolute atomic E-state index is 0.846. The zero-order valence-corrected chi connectivity index (χ0v) is 26.3. The molecule has 0 amide bonds. The number of hydrogen-bond donors (Lipinski definition) is 0. The van der Waals surface area contributed by atoms with E-state index in [9.17, 15) is 0 Å².